The topological polar surface area (TPSA) is 138 Å². The summed E-state index contributed by atoms with van der Waals surface area (Å²) in [4.78, 5) is 33.7. The molecule has 0 radical (unpaired) electrons. The highest BCUT2D eigenvalue weighted by atomic mass is 16.5. The summed E-state index contributed by atoms with van der Waals surface area (Å²) in [5.41, 5.74) is 5.53. The number of aromatic nitrogens is 6. The first-order valence-corrected chi connectivity index (χ1v) is 15.8. The van der Waals surface area contributed by atoms with Crippen LogP contribution in [-0.4, -0.2) is 67.8 Å². The third-order valence-electron chi connectivity index (χ3n) is 7.16. The number of pyridine rings is 2. The van der Waals surface area contributed by atoms with Crippen LogP contribution in [0.2, 0.25) is 0 Å². The number of hydrogen-bond donors (Lipinski definition) is 2. The average molecular weight is 609 g/mol. The van der Waals surface area contributed by atoms with Crippen molar-refractivity contribution < 1.29 is 19.1 Å². The molecule has 0 saturated heterocycles. The number of nitrogens with one attached hydrogen (secondary N) is 2. The van der Waals surface area contributed by atoms with E-state index in [9.17, 15) is 9.59 Å². The van der Waals surface area contributed by atoms with E-state index in [0.717, 1.165) is 85.3 Å². The summed E-state index contributed by atoms with van der Waals surface area (Å²) in [6.45, 7) is 19.4. The molecule has 0 fully saturated rings. The van der Waals surface area contributed by atoms with E-state index in [4.69, 9.17) is 9.47 Å². The van der Waals surface area contributed by atoms with Crippen molar-refractivity contribution in [3.8, 4) is 0 Å². The molecule has 0 aliphatic heterocycles. The van der Waals surface area contributed by atoms with Crippen LogP contribution >= 0.6 is 0 Å². The van der Waals surface area contributed by atoms with Crippen LogP contribution in [0, 0.1) is 13.8 Å². The van der Waals surface area contributed by atoms with Gasteiger partial charge < -0.3 is 20.1 Å². The molecule has 0 atom stereocenters. The minimum Gasteiger partial charge on any atom is -0.462 e. The number of rotatable bonds is 14. The van der Waals surface area contributed by atoms with E-state index >= 15 is 0 Å². The molecule has 0 saturated carbocycles. The second-order valence-corrected chi connectivity index (χ2v) is 10.3. The highest BCUT2D eigenvalue weighted by Crippen LogP contribution is 2.30. The van der Waals surface area contributed by atoms with Gasteiger partial charge in [-0.05, 0) is 54.4 Å². The molecular formula is C32H48N8O4. The van der Waals surface area contributed by atoms with Crippen LogP contribution in [0.1, 0.15) is 99.3 Å². The Hall–Kier alpha value is -4.22. The van der Waals surface area contributed by atoms with Gasteiger partial charge in [0, 0.05) is 26.2 Å². The maximum absolute atomic E-state index is 12.3. The normalized spacial score (nSPS) is 10.9. The van der Waals surface area contributed by atoms with Crippen molar-refractivity contribution in [3.63, 3.8) is 0 Å². The largest absolute Gasteiger partial charge is 0.462 e. The summed E-state index contributed by atoms with van der Waals surface area (Å²) >= 11 is 0. The summed E-state index contributed by atoms with van der Waals surface area (Å²) in [6.07, 6.45) is 7.77. The molecule has 0 aromatic carbocycles. The van der Waals surface area contributed by atoms with Crippen LogP contribution in [-0.2, 0) is 22.6 Å². The molecule has 240 valence electrons. The second kappa shape index (κ2) is 16.6. The van der Waals surface area contributed by atoms with Crippen molar-refractivity contribution in [1.82, 2.24) is 29.5 Å². The SMILES string of the molecule is CCCCNc1c(C(=O)OCC)c(C)nc2c1cnn2CC.CCCCNc1c(C(=O)OCC)c(C)nc2c1cnn2CC. The molecule has 0 amide bonds. The van der Waals surface area contributed by atoms with E-state index in [2.05, 4.69) is 44.6 Å². The summed E-state index contributed by atoms with van der Waals surface area (Å²) in [5, 5.41) is 17.2. The molecule has 0 spiro atoms. The van der Waals surface area contributed by atoms with Crippen molar-refractivity contribution in [1.29, 1.82) is 0 Å². The number of ether oxygens (including phenoxy) is 2. The van der Waals surface area contributed by atoms with Gasteiger partial charge in [0.05, 0.1) is 59.1 Å². The van der Waals surface area contributed by atoms with Crippen molar-refractivity contribution in [2.75, 3.05) is 36.9 Å². The van der Waals surface area contributed by atoms with Crippen LogP contribution < -0.4 is 10.6 Å². The first-order valence-electron chi connectivity index (χ1n) is 15.8. The lowest BCUT2D eigenvalue weighted by Gasteiger charge is -2.14. The summed E-state index contributed by atoms with van der Waals surface area (Å²) < 4.78 is 14.1. The Balaban J connectivity index is 0.000000240. The molecule has 44 heavy (non-hydrogen) atoms. The predicted octanol–water partition coefficient (Wildman–Crippen LogP) is 6.30. The summed E-state index contributed by atoms with van der Waals surface area (Å²) in [7, 11) is 0. The van der Waals surface area contributed by atoms with E-state index in [0.29, 0.717) is 35.7 Å². The minimum absolute atomic E-state index is 0.336. The van der Waals surface area contributed by atoms with Gasteiger partial charge in [-0.25, -0.2) is 28.9 Å². The lowest BCUT2D eigenvalue weighted by Crippen LogP contribution is -2.14. The van der Waals surface area contributed by atoms with Crippen molar-refractivity contribution >= 4 is 45.4 Å². The number of nitrogens with zero attached hydrogens (tertiary/aromatic N) is 6. The zero-order valence-corrected chi connectivity index (χ0v) is 27.5. The van der Waals surface area contributed by atoms with E-state index in [1.807, 2.05) is 37.1 Å². The molecule has 0 unspecified atom stereocenters. The molecule has 4 heterocycles. The van der Waals surface area contributed by atoms with Crippen LogP contribution in [0.3, 0.4) is 0 Å². The van der Waals surface area contributed by atoms with Crippen molar-refractivity contribution in [3.05, 3.63) is 34.9 Å². The standard InChI is InChI=1S/2C16H24N4O2/c2*1-5-8-9-17-14-12-10-18-20(6-2)15(12)19-11(4)13(14)16(21)22-7-3/h2*10H,5-9H2,1-4H3,(H,17,19). The molecule has 0 aliphatic rings. The van der Waals surface area contributed by atoms with Gasteiger partial charge in [-0.15, -0.1) is 0 Å². The van der Waals surface area contributed by atoms with E-state index < -0.39 is 0 Å². The Labute approximate surface area is 259 Å². The fourth-order valence-corrected chi connectivity index (χ4v) is 4.92. The van der Waals surface area contributed by atoms with Crippen LogP contribution in [0.15, 0.2) is 12.4 Å². The van der Waals surface area contributed by atoms with Crippen LogP contribution in [0.25, 0.3) is 22.1 Å². The maximum Gasteiger partial charge on any atom is 0.342 e. The smallest absolute Gasteiger partial charge is 0.342 e. The van der Waals surface area contributed by atoms with Gasteiger partial charge in [-0.2, -0.15) is 10.2 Å². The Morgan fingerprint density at radius 3 is 1.39 bits per heavy atom. The van der Waals surface area contributed by atoms with Crippen molar-refractivity contribution in [2.24, 2.45) is 0 Å². The lowest BCUT2D eigenvalue weighted by atomic mass is 10.1. The zero-order chi connectivity index (χ0) is 32.2. The first-order chi connectivity index (χ1) is 21.3. The molecule has 12 heteroatoms. The quantitative estimate of drug-likeness (QED) is 0.124. The van der Waals surface area contributed by atoms with E-state index in [1.54, 1.807) is 26.2 Å². The highest BCUT2D eigenvalue weighted by Gasteiger charge is 2.23. The molecule has 4 aromatic heterocycles. The Morgan fingerprint density at radius 1 is 0.682 bits per heavy atom. The van der Waals surface area contributed by atoms with Crippen molar-refractivity contribution in [2.45, 2.75) is 94.2 Å². The van der Waals surface area contributed by atoms with Gasteiger partial charge in [0.2, 0.25) is 0 Å². The Morgan fingerprint density at radius 2 is 1.07 bits per heavy atom. The van der Waals surface area contributed by atoms with Gasteiger partial charge in [-0.1, -0.05) is 26.7 Å². The number of carbonyl (C=O) groups excluding carboxylic acids is 2. The highest BCUT2D eigenvalue weighted by molar-refractivity contribution is 6.06. The number of esters is 2. The predicted molar refractivity (Wildman–Crippen MR) is 175 cm³/mol. The maximum atomic E-state index is 12.3. The third kappa shape index (κ3) is 7.64. The summed E-state index contributed by atoms with van der Waals surface area (Å²) in [6, 6.07) is 0. The number of hydrogen-bond acceptors (Lipinski definition) is 10. The molecule has 0 aliphatic carbocycles. The number of anilines is 2. The lowest BCUT2D eigenvalue weighted by molar-refractivity contribution is 0.0516. The number of aryl methyl sites for hydroxylation is 4. The van der Waals surface area contributed by atoms with Crippen LogP contribution in [0.4, 0.5) is 11.4 Å². The molecular weight excluding hydrogens is 560 g/mol. The Kier molecular flexibility index (Phi) is 12.9. The number of fused-ring (bicyclic) bond motifs is 2. The second-order valence-electron chi connectivity index (χ2n) is 10.3. The van der Waals surface area contributed by atoms with Gasteiger partial charge in [0.1, 0.15) is 11.1 Å². The van der Waals surface area contributed by atoms with Gasteiger partial charge in [0.25, 0.3) is 0 Å². The van der Waals surface area contributed by atoms with E-state index in [1.165, 1.54) is 0 Å². The fourth-order valence-electron chi connectivity index (χ4n) is 4.92. The Bertz CT molecular complexity index is 1440. The van der Waals surface area contributed by atoms with Crippen LogP contribution in [0.5, 0.6) is 0 Å². The monoisotopic (exact) mass is 608 g/mol. The average Bonchev–Trinajstić information content (AvgIpc) is 3.61. The van der Waals surface area contributed by atoms with Gasteiger partial charge >= 0.3 is 11.9 Å². The molecule has 4 aromatic rings. The van der Waals surface area contributed by atoms with E-state index in [-0.39, 0.29) is 11.9 Å². The zero-order valence-electron chi connectivity index (χ0n) is 27.5. The fraction of sp³-hybridized carbons (Fsp3) is 0.562. The molecule has 0 bridgehead atoms. The molecule has 12 nitrogen and oxygen atoms in total. The van der Waals surface area contributed by atoms with Gasteiger partial charge in [0.15, 0.2) is 11.3 Å². The van der Waals surface area contributed by atoms with Gasteiger partial charge in [-0.3, -0.25) is 0 Å². The molecule has 4 rings (SSSR count). The molecule has 2 N–H and O–H groups in total. The number of carbonyl (C=O) groups is 2. The number of unbranched alkanes of at least 4 members (excludes halogenated alkanes) is 2. The minimum atomic E-state index is -0.336. The first kappa shape index (κ1) is 34.3. The third-order valence-corrected chi connectivity index (χ3v) is 7.16. The summed E-state index contributed by atoms with van der Waals surface area (Å²) in [5.74, 6) is -0.671.